The van der Waals surface area contributed by atoms with Crippen molar-refractivity contribution >= 4 is 23.5 Å². The summed E-state index contributed by atoms with van der Waals surface area (Å²) < 4.78 is 10.5. The Morgan fingerprint density at radius 3 is 2.76 bits per heavy atom. The summed E-state index contributed by atoms with van der Waals surface area (Å²) in [6.07, 6.45) is 1.50. The Labute approximate surface area is 128 Å². The molecule has 0 atom stereocenters. The van der Waals surface area contributed by atoms with Crippen LogP contribution in [-0.4, -0.2) is 48.8 Å². The van der Waals surface area contributed by atoms with Gasteiger partial charge < -0.3 is 14.4 Å². The number of carbonyl (C=O) groups is 1. The lowest BCUT2D eigenvalue weighted by atomic mass is 10.0. The third-order valence-electron chi connectivity index (χ3n) is 3.88. The van der Waals surface area contributed by atoms with Crippen LogP contribution in [0.25, 0.3) is 0 Å². The third-order valence-corrected chi connectivity index (χ3v) is 4.08. The van der Waals surface area contributed by atoms with E-state index in [4.69, 9.17) is 21.1 Å². The van der Waals surface area contributed by atoms with Crippen molar-refractivity contribution in [2.75, 3.05) is 37.8 Å². The van der Waals surface area contributed by atoms with Gasteiger partial charge in [0.05, 0.1) is 25.5 Å². The predicted molar refractivity (Wildman–Crippen MR) is 77.6 cm³/mol. The van der Waals surface area contributed by atoms with Crippen LogP contribution in [0.3, 0.4) is 0 Å². The van der Waals surface area contributed by atoms with E-state index >= 15 is 0 Å². The molecular formula is C14H18ClN3O3. The number of rotatable bonds is 4. The zero-order chi connectivity index (χ0) is 14.9. The van der Waals surface area contributed by atoms with Crippen molar-refractivity contribution in [3.8, 4) is 0 Å². The molecule has 0 N–H and O–H groups in total. The van der Waals surface area contributed by atoms with Gasteiger partial charge in [-0.15, -0.1) is 0 Å². The van der Waals surface area contributed by atoms with E-state index in [2.05, 4.69) is 9.97 Å². The van der Waals surface area contributed by atoms with Crippen molar-refractivity contribution in [3.63, 3.8) is 0 Å². The van der Waals surface area contributed by atoms with E-state index < -0.39 is 5.41 Å². The molecule has 2 aliphatic rings. The Kier molecular flexibility index (Phi) is 3.99. The molecule has 1 aliphatic heterocycles. The molecule has 0 spiro atoms. The molecule has 1 saturated carbocycles. The van der Waals surface area contributed by atoms with Gasteiger partial charge in [0, 0.05) is 13.1 Å². The van der Waals surface area contributed by atoms with E-state index in [0.717, 1.165) is 25.9 Å². The first-order valence-corrected chi connectivity index (χ1v) is 7.58. The van der Waals surface area contributed by atoms with Gasteiger partial charge >= 0.3 is 5.97 Å². The first kappa shape index (κ1) is 14.5. The smallest absolute Gasteiger partial charge is 0.318 e. The molecule has 2 heterocycles. The summed E-state index contributed by atoms with van der Waals surface area (Å²) in [5.41, 5.74) is 0.0475. The molecule has 114 valence electrons. The Balaban J connectivity index is 1.89. The van der Waals surface area contributed by atoms with Crippen molar-refractivity contribution in [3.05, 3.63) is 16.9 Å². The Morgan fingerprint density at radius 1 is 1.43 bits per heavy atom. The van der Waals surface area contributed by atoms with Gasteiger partial charge in [-0.05, 0) is 25.8 Å². The SMILES string of the molecule is CCOC(=O)C1(c2cc(Cl)nc(N3CCOCC3)n2)CC1. The monoisotopic (exact) mass is 311 g/mol. The van der Waals surface area contributed by atoms with E-state index in [1.165, 1.54) is 0 Å². The predicted octanol–water partition coefficient (Wildman–Crippen LogP) is 1.56. The molecule has 0 amide bonds. The van der Waals surface area contributed by atoms with Crippen molar-refractivity contribution in [1.82, 2.24) is 9.97 Å². The van der Waals surface area contributed by atoms with E-state index in [-0.39, 0.29) is 5.97 Å². The Morgan fingerprint density at radius 2 is 2.14 bits per heavy atom. The molecule has 6 nitrogen and oxygen atoms in total. The number of aromatic nitrogens is 2. The second-order valence-corrected chi connectivity index (χ2v) is 5.67. The Bertz CT molecular complexity index is 542. The van der Waals surface area contributed by atoms with Crippen LogP contribution in [0.4, 0.5) is 5.95 Å². The highest BCUT2D eigenvalue weighted by atomic mass is 35.5. The maximum absolute atomic E-state index is 12.2. The van der Waals surface area contributed by atoms with Crippen LogP contribution in [-0.2, 0) is 19.7 Å². The lowest BCUT2D eigenvalue weighted by molar-refractivity contribution is -0.146. The summed E-state index contributed by atoms with van der Waals surface area (Å²) in [6, 6.07) is 1.68. The zero-order valence-electron chi connectivity index (χ0n) is 12.0. The summed E-state index contributed by atoms with van der Waals surface area (Å²) in [6.45, 7) is 4.93. The number of nitrogens with zero attached hydrogens (tertiary/aromatic N) is 3. The normalized spacial score (nSPS) is 20.2. The summed E-state index contributed by atoms with van der Waals surface area (Å²) in [5.74, 6) is 0.351. The minimum absolute atomic E-state index is 0.215. The van der Waals surface area contributed by atoms with Crippen LogP contribution in [0.5, 0.6) is 0 Å². The lowest BCUT2D eigenvalue weighted by Gasteiger charge is -2.27. The largest absolute Gasteiger partial charge is 0.465 e. The highest BCUT2D eigenvalue weighted by Gasteiger charge is 2.54. The summed E-state index contributed by atoms with van der Waals surface area (Å²) in [4.78, 5) is 23.0. The number of carbonyl (C=O) groups excluding carboxylic acids is 1. The van der Waals surface area contributed by atoms with E-state index in [1.807, 2.05) is 4.90 Å². The molecule has 2 fully saturated rings. The number of esters is 1. The average Bonchev–Trinajstić information content (AvgIpc) is 3.29. The van der Waals surface area contributed by atoms with Gasteiger partial charge in [0.2, 0.25) is 5.95 Å². The number of halogens is 1. The van der Waals surface area contributed by atoms with Gasteiger partial charge in [-0.2, -0.15) is 0 Å². The molecule has 21 heavy (non-hydrogen) atoms. The minimum Gasteiger partial charge on any atom is -0.465 e. The highest BCUT2D eigenvalue weighted by Crippen LogP contribution is 2.49. The fourth-order valence-electron chi connectivity index (χ4n) is 2.51. The summed E-state index contributed by atoms with van der Waals surface area (Å²) in [7, 11) is 0. The number of hydrogen-bond donors (Lipinski definition) is 0. The molecule has 0 aromatic carbocycles. The summed E-state index contributed by atoms with van der Waals surface area (Å²) >= 11 is 6.12. The number of morpholine rings is 1. The quantitative estimate of drug-likeness (QED) is 0.621. The maximum Gasteiger partial charge on any atom is 0.318 e. The van der Waals surface area contributed by atoms with Crippen molar-refractivity contribution in [2.24, 2.45) is 0 Å². The van der Waals surface area contributed by atoms with Gasteiger partial charge in [0.15, 0.2) is 0 Å². The third kappa shape index (κ3) is 2.82. The van der Waals surface area contributed by atoms with Crippen LogP contribution in [0.15, 0.2) is 6.07 Å². The van der Waals surface area contributed by atoms with Crippen molar-refractivity contribution in [2.45, 2.75) is 25.2 Å². The van der Waals surface area contributed by atoms with Crippen LogP contribution >= 0.6 is 11.6 Å². The molecule has 1 aromatic rings. The maximum atomic E-state index is 12.2. The van der Waals surface area contributed by atoms with Gasteiger partial charge in [0.25, 0.3) is 0 Å². The fraction of sp³-hybridized carbons (Fsp3) is 0.643. The van der Waals surface area contributed by atoms with E-state index in [9.17, 15) is 4.79 Å². The van der Waals surface area contributed by atoms with E-state index in [0.29, 0.717) is 36.6 Å². The Hall–Kier alpha value is -1.40. The zero-order valence-corrected chi connectivity index (χ0v) is 12.7. The molecule has 7 heteroatoms. The highest BCUT2D eigenvalue weighted by molar-refractivity contribution is 6.29. The van der Waals surface area contributed by atoms with E-state index in [1.54, 1.807) is 13.0 Å². The van der Waals surface area contributed by atoms with Crippen LogP contribution < -0.4 is 4.90 Å². The fourth-order valence-corrected chi connectivity index (χ4v) is 2.69. The van der Waals surface area contributed by atoms with Crippen molar-refractivity contribution in [1.29, 1.82) is 0 Å². The molecule has 3 rings (SSSR count). The molecule has 0 radical (unpaired) electrons. The van der Waals surface area contributed by atoms with Gasteiger partial charge in [-0.3, -0.25) is 4.79 Å². The second-order valence-electron chi connectivity index (χ2n) is 5.28. The van der Waals surface area contributed by atoms with Crippen molar-refractivity contribution < 1.29 is 14.3 Å². The lowest BCUT2D eigenvalue weighted by Crippen LogP contribution is -2.38. The van der Waals surface area contributed by atoms with Crippen LogP contribution in [0, 0.1) is 0 Å². The second kappa shape index (κ2) is 5.77. The first-order chi connectivity index (χ1) is 10.2. The van der Waals surface area contributed by atoms with Gasteiger partial charge in [-0.1, -0.05) is 11.6 Å². The first-order valence-electron chi connectivity index (χ1n) is 7.21. The molecular weight excluding hydrogens is 294 g/mol. The minimum atomic E-state index is -0.621. The number of anilines is 1. The number of hydrogen-bond acceptors (Lipinski definition) is 6. The molecule has 0 bridgehead atoms. The average molecular weight is 312 g/mol. The standard InChI is InChI=1S/C14H18ClN3O3/c1-2-21-12(19)14(3-4-14)10-9-11(15)17-13(16-10)18-5-7-20-8-6-18/h9H,2-8H2,1H3. The molecule has 1 aromatic heterocycles. The molecule has 1 aliphatic carbocycles. The molecule has 1 saturated heterocycles. The van der Waals surface area contributed by atoms with Crippen LogP contribution in [0.1, 0.15) is 25.5 Å². The van der Waals surface area contributed by atoms with Crippen LogP contribution in [0.2, 0.25) is 5.15 Å². The topological polar surface area (TPSA) is 64.5 Å². The van der Waals surface area contributed by atoms with Gasteiger partial charge in [-0.25, -0.2) is 9.97 Å². The number of ether oxygens (including phenoxy) is 2. The van der Waals surface area contributed by atoms with Gasteiger partial charge in [0.1, 0.15) is 10.6 Å². The molecule has 0 unspecified atom stereocenters. The summed E-state index contributed by atoms with van der Waals surface area (Å²) in [5, 5.41) is 0.358.